The van der Waals surface area contributed by atoms with Gasteiger partial charge >= 0.3 is 7.60 Å². The van der Waals surface area contributed by atoms with Gasteiger partial charge in [-0.3, -0.25) is 14.5 Å². The quantitative estimate of drug-likeness (QED) is 0.377. The minimum absolute atomic E-state index is 0.0458. The van der Waals surface area contributed by atoms with Gasteiger partial charge in [-0.2, -0.15) is 0 Å². The summed E-state index contributed by atoms with van der Waals surface area (Å²) in [7, 11) is -3.58. The van der Waals surface area contributed by atoms with Gasteiger partial charge in [0.1, 0.15) is 11.5 Å². The first kappa shape index (κ1) is 19.9. The maximum atomic E-state index is 13.5. The highest BCUT2D eigenvalue weighted by molar-refractivity contribution is 7.54. The zero-order valence-electron chi connectivity index (χ0n) is 16.1. The molecule has 0 aliphatic carbocycles. The van der Waals surface area contributed by atoms with Crippen molar-refractivity contribution in [2.45, 2.75) is 6.42 Å². The smallest absolute Gasteiger partial charge is 0.416 e. The molecule has 0 radical (unpaired) electrons. The standard InChI is InChI=1S/C23H20NO5P/c25-22-20-14-7-8-15-21(20)23(26)24(22)16-9-17-30(27,28-18-10-3-1-4-11-18)29-19-12-5-2-6-13-19/h1-8,10-15H,9,16-17H2. The van der Waals surface area contributed by atoms with E-state index in [4.69, 9.17) is 9.05 Å². The van der Waals surface area contributed by atoms with E-state index in [0.29, 0.717) is 22.6 Å². The number of benzene rings is 3. The summed E-state index contributed by atoms with van der Waals surface area (Å²) in [6.45, 7) is 0.132. The van der Waals surface area contributed by atoms with Crippen LogP contribution >= 0.6 is 7.60 Å². The lowest BCUT2D eigenvalue weighted by Crippen LogP contribution is -2.31. The molecular formula is C23H20NO5P. The highest BCUT2D eigenvalue weighted by Gasteiger charge is 2.36. The van der Waals surface area contributed by atoms with Crippen LogP contribution in [0.4, 0.5) is 0 Å². The van der Waals surface area contributed by atoms with Gasteiger partial charge in [-0.15, -0.1) is 0 Å². The topological polar surface area (TPSA) is 72.9 Å². The third kappa shape index (κ3) is 4.29. The molecule has 0 fully saturated rings. The van der Waals surface area contributed by atoms with Gasteiger partial charge in [0.2, 0.25) is 0 Å². The average molecular weight is 421 g/mol. The Morgan fingerprint density at radius 2 is 1.10 bits per heavy atom. The number of carbonyl (C=O) groups excluding carboxylic acids is 2. The summed E-state index contributed by atoms with van der Waals surface area (Å²) < 4.78 is 24.9. The average Bonchev–Trinajstić information content (AvgIpc) is 3.00. The van der Waals surface area contributed by atoms with Crippen molar-refractivity contribution in [3.8, 4) is 11.5 Å². The second-order valence-corrected chi connectivity index (χ2v) is 8.84. The third-order valence-electron chi connectivity index (χ3n) is 4.67. The van der Waals surface area contributed by atoms with Crippen molar-refractivity contribution in [3.05, 3.63) is 96.1 Å². The SMILES string of the molecule is O=C1c2ccccc2C(=O)N1CCCP(=O)(Oc1ccccc1)Oc1ccccc1. The number of fused-ring (bicyclic) bond motifs is 1. The Balaban J connectivity index is 1.46. The second-order valence-electron chi connectivity index (χ2n) is 6.80. The summed E-state index contributed by atoms with van der Waals surface area (Å²) in [5.74, 6) is 0.187. The molecule has 0 spiro atoms. The molecule has 1 aliphatic rings. The van der Waals surface area contributed by atoms with Crippen molar-refractivity contribution in [1.82, 2.24) is 4.90 Å². The van der Waals surface area contributed by atoms with Crippen LogP contribution in [-0.4, -0.2) is 29.4 Å². The minimum atomic E-state index is -3.58. The first-order valence-corrected chi connectivity index (χ1v) is 11.3. The van der Waals surface area contributed by atoms with Crippen LogP contribution in [0.25, 0.3) is 0 Å². The van der Waals surface area contributed by atoms with Crippen molar-refractivity contribution in [2.75, 3.05) is 12.7 Å². The summed E-state index contributed by atoms with van der Waals surface area (Å²) in [4.78, 5) is 26.2. The van der Waals surface area contributed by atoms with Gasteiger partial charge in [0.05, 0.1) is 17.3 Å². The van der Waals surface area contributed by atoms with Gasteiger partial charge in [-0.25, -0.2) is 4.57 Å². The maximum Gasteiger partial charge on any atom is 0.430 e. The molecule has 3 aromatic carbocycles. The van der Waals surface area contributed by atoms with Crippen LogP contribution in [0.15, 0.2) is 84.9 Å². The summed E-state index contributed by atoms with van der Waals surface area (Å²) >= 11 is 0. The Morgan fingerprint density at radius 1 is 0.667 bits per heavy atom. The van der Waals surface area contributed by atoms with Crippen molar-refractivity contribution in [2.24, 2.45) is 0 Å². The Bertz CT molecular complexity index is 1020. The zero-order chi connectivity index (χ0) is 21.0. The van der Waals surface area contributed by atoms with Crippen LogP contribution in [0.2, 0.25) is 0 Å². The van der Waals surface area contributed by atoms with Crippen molar-refractivity contribution >= 4 is 19.4 Å². The fourth-order valence-electron chi connectivity index (χ4n) is 3.26. The van der Waals surface area contributed by atoms with E-state index >= 15 is 0 Å². The van der Waals surface area contributed by atoms with E-state index in [2.05, 4.69) is 0 Å². The molecular weight excluding hydrogens is 401 g/mol. The monoisotopic (exact) mass is 421 g/mol. The fraction of sp³-hybridized carbons (Fsp3) is 0.130. The van der Waals surface area contributed by atoms with Gasteiger partial charge in [-0.05, 0) is 42.8 Å². The lowest BCUT2D eigenvalue weighted by molar-refractivity contribution is 0.0654. The van der Waals surface area contributed by atoms with E-state index in [1.165, 1.54) is 4.90 Å². The molecule has 0 aromatic heterocycles. The first-order chi connectivity index (χ1) is 14.6. The fourth-order valence-corrected chi connectivity index (χ4v) is 4.89. The molecule has 1 aliphatic heterocycles. The number of imide groups is 1. The third-order valence-corrected chi connectivity index (χ3v) is 6.51. The lowest BCUT2D eigenvalue weighted by atomic mass is 10.1. The van der Waals surface area contributed by atoms with Gasteiger partial charge < -0.3 is 9.05 Å². The van der Waals surface area contributed by atoms with Crippen LogP contribution in [0, 0.1) is 0 Å². The number of nitrogens with zero attached hydrogens (tertiary/aromatic N) is 1. The Morgan fingerprint density at radius 3 is 1.57 bits per heavy atom. The zero-order valence-corrected chi connectivity index (χ0v) is 17.0. The van der Waals surface area contributed by atoms with Gasteiger partial charge in [-0.1, -0.05) is 48.5 Å². The molecule has 1 heterocycles. The largest absolute Gasteiger partial charge is 0.430 e. The van der Waals surface area contributed by atoms with Crippen LogP contribution in [0.5, 0.6) is 11.5 Å². The first-order valence-electron chi connectivity index (χ1n) is 9.59. The molecule has 30 heavy (non-hydrogen) atoms. The molecule has 0 N–H and O–H groups in total. The van der Waals surface area contributed by atoms with Crippen LogP contribution in [0.1, 0.15) is 27.1 Å². The molecule has 2 amide bonds. The predicted octanol–water partition coefficient (Wildman–Crippen LogP) is 5.02. The number of para-hydroxylation sites is 2. The number of hydrogen-bond acceptors (Lipinski definition) is 5. The Labute approximate surface area is 174 Å². The molecule has 0 bridgehead atoms. The number of amides is 2. The van der Waals surface area contributed by atoms with Crippen molar-refractivity contribution < 1.29 is 23.2 Å². The normalized spacial score (nSPS) is 13.3. The minimum Gasteiger partial charge on any atom is -0.416 e. The Hall–Kier alpha value is -3.37. The van der Waals surface area contributed by atoms with E-state index in [0.717, 1.165) is 0 Å². The molecule has 0 unspecified atom stereocenters. The second kappa shape index (κ2) is 8.56. The predicted molar refractivity (Wildman–Crippen MR) is 113 cm³/mol. The van der Waals surface area contributed by atoms with E-state index < -0.39 is 7.60 Å². The van der Waals surface area contributed by atoms with Gasteiger partial charge in [0.25, 0.3) is 11.8 Å². The van der Waals surface area contributed by atoms with Crippen LogP contribution in [-0.2, 0) is 4.57 Å². The summed E-state index contributed by atoms with van der Waals surface area (Å²) in [6, 6.07) is 24.3. The Kier molecular flexibility index (Phi) is 5.68. The van der Waals surface area contributed by atoms with Crippen molar-refractivity contribution in [1.29, 1.82) is 0 Å². The van der Waals surface area contributed by atoms with Gasteiger partial charge in [0, 0.05) is 6.54 Å². The molecule has 0 saturated heterocycles. The van der Waals surface area contributed by atoms with E-state index in [1.807, 2.05) is 12.1 Å². The molecule has 4 rings (SSSR count). The number of hydrogen-bond donors (Lipinski definition) is 0. The van der Waals surface area contributed by atoms with Crippen molar-refractivity contribution in [3.63, 3.8) is 0 Å². The number of rotatable bonds is 8. The highest BCUT2D eigenvalue weighted by Crippen LogP contribution is 2.49. The lowest BCUT2D eigenvalue weighted by Gasteiger charge is -2.21. The summed E-state index contributed by atoms with van der Waals surface area (Å²) in [5.41, 5.74) is 0.790. The van der Waals surface area contributed by atoms with Gasteiger partial charge in [0.15, 0.2) is 0 Å². The highest BCUT2D eigenvalue weighted by atomic mass is 31.2. The van der Waals surface area contributed by atoms with E-state index in [-0.39, 0.29) is 30.9 Å². The molecule has 6 nitrogen and oxygen atoms in total. The maximum absolute atomic E-state index is 13.5. The number of carbonyl (C=O) groups is 2. The van der Waals surface area contributed by atoms with E-state index in [1.54, 1.807) is 72.8 Å². The van der Waals surface area contributed by atoms with Crippen LogP contribution < -0.4 is 9.05 Å². The molecule has 3 aromatic rings. The molecule has 7 heteroatoms. The summed E-state index contributed by atoms with van der Waals surface area (Å²) in [6.07, 6.45) is 0.326. The molecule has 0 atom stereocenters. The van der Waals surface area contributed by atoms with Crippen LogP contribution in [0.3, 0.4) is 0 Å². The molecule has 152 valence electrons. The molecule has 0 saturated carbocycles. The summed E-state index contributed by atoms with van der Waals surface area (Å²) in [5, 5.41) is 0. The van der Waals surface area contributed by atoms with E-state index in [9.17, 15) is 14.2 Å².